The number of hydrogen-bond donors (Lipinski definition) is 2. The molecule has 1 aliphatic heterocycles. The number of nitrogens with two attached hydrogens (primary N) is 1. The molecular formula is C12H21BrN4O2. The van der Waals surface area contributed by atoms with Gasteiger partial charge in [-0.3, -0.25) is 10.5 Å². The van der Waals surface area contributed by atoms with Crippen LogP contribution in [0.4, 0.5) is 0 Å². The third-order valence-electron chi connectivity index (χ3n) is 3.84. The van der Waals surface area contributed by atoms with Crippen molar-refractivity contribution in [3.63, 3.8) is 0 Å². The van der Waals surface area contributed by atoms with Crippen LogP contribution in [0.15, 0.2) is 10.7 Å². The van der Waals surface area contributed by atoms with Gasteiger partial charge in [-0.05, 0) is 22.9 Å². The molecule has 1 aromatic heterocycles. The highest BCUT2D eigenvalue weighted by Crippen LogP contribution is 2.39. The van der Waals surface area contributed by atoms with E-state index in [4.69, 9.17) is 15.3 Å². The first-order chi connectivity index (χ1) is 9.18. The molecule has 19 heavy (non-hydrogen) atoms. The number of ether oxygens (including phenoxy) is 2. The van der Waals surface area contributed by atoms with Crippen LogP contribution < -0.4 is 11.3 Å². The van der Waals surface area contributed by atoms with E-state index in [0.29, 0.717) is 13.2 Å². The minimum atomic E-state index is -0.359. The standard InChI is InChI=1S/C12H21BrN4O2/c1-3-17-10(9(13)8-15-17)11(16-14)12(18-2)4-6-19-7-5-12/h8,11,16H,3-7,14H2,1-2H3. The highest BCUT2D eigenvalue weighted by Gasteiger charge is 2.43. The molecule has 1 fully saturated rings. The predicted octanol–water partition coefficient (Wildman–Crippen LogP) is 1.37. The molecule has 0 aliphatic carbocycles. The smallest absolute Gasteiger partial charge is 0.0944 e. The van der Waals surface area contributed by atoms with Crippen LogP contribution in [-0.2, 0) is 16.0 Å². The number of aromatic nitrogens is 2. The van der Waals surface area contributed by atoms with E-state index in [0.717, 1.165) is 29.6 Å². The largest absolute Gasteiger partial charge is 0.381 e. The number of halogens is 1. The summed E-state index contributed by atoms with van der Waals surface area (Å²) >= 11 is 3.55. The number of rotatable bonds is 5. The molecule has 0 spiro atoms. The SMILES string of the molecule is CCn1ncc(Br)c1C(NN)C1(OC)CCOCC1. The third kappa shape index (κ3) is 2.71. The molecule has 0 saturated carbocycles. The minimum absolute atomic E-state index is 0.127. The summed E-state index contributed by atoms with van der Waals surface area (Å²) in [5.74, 6) is 5.82. The molecule has 1 atom stereocenters. The summed E-state index contributed by atoms with van der Waals surface area (Å²) in [6.45, 7) is 4.21. The van der Waals surface area contributed by atoms with Gasteiger partial charge in [0.05, 0.1) is 28.0 Å². The number of hydrazine groups is 1. The van der Waals surface area contributed by atoms with Crippen molar-refractivity contribution in [2.75, 3.05) is 20.3 Å². The molecule has 0 radical (unpaired) electrons. The van der Waals surface area contributed by atoms with Gasteiger partial charge in [0.1, 0.15) is 0 Å². The van der Waals surface area contributed by atoms with E-state index in [1.54, 1.807) is 13.3 Å². The molecule has 2 rings (SSSR count). The zero-order valence-corrected chi connectivity index (χ0v) is 12.9. The summed E-state index contributed by atoms with van der Waals surface area (Å²) in [7, 11) is 1.73. The highest BCUT2D eigenvalue weighted by atomic mass is 79.9. The summed E-state index contributed by atoms with van der Waals surface area (Å²) in [6, 6.07) is -0.127. The molecule has 7 heteroatoms. The molecule has 108 valence electrons. The fourth-order valence-corrected chi connectivity index (χ4v) is 3.24. The summed E-state index contributed by atoms with van der Waals surface area (Å²) in [4.78, 5) is 0. The lowest BCUT2D eigenvalue weighted by atomic mass is 9.84. The maximum atomic E-state index is 5.83. The van der Waals surface area contributed by atoms with Crippen LogP contribution in [0.25, 0.3) is 0 Å². The van der Waals surface area contributed by atoms with Gasteiger partial charge in [0, 0.05) is 39.7 Å². The molecule has 1 saturated heterocycles. The Hall–Kier alpha value is -0.470. The Bertz CT molecular complexity index is 418. The van der Waals surface area contributed by atoms with Gasteiger partial charge in [-0.15, -0.1) is 0 Å². The minimum Gasteiger partial charge on any atom is -0.381 e. The highest BCUT2D eigenvalue weighted by molar-refractivity contribution is 9.10. The number of methoxy groups -OCH3 is 1. The average Bonchev–Trinajstić information content (AvgIpc) is 2.82. The van der Waals surface area contributed by atoms with Crippen LogP contribution in [0.2, 0.25) is 0 Å². The first-order valence-electron chi connectivity index (χ1n) is 6.48. The maximum Gasteiger partial charge on any atom is 0.0944 e. The first-order valence-corrected chi connectivity index (χ1v) is 7.28. The Balaban J connectivity index is 2.39. The van der Waals surface area contributed by atoms with Gasteiger partial charge in [-0.1, -0.05) is 0 Å². The molecule has 0 amide bonds. The topological polar surface area (TPSA) is 74.3 Å². The quantitative estimate of drug-likeness (QED) is 0.629. The number of aryl methyl sites for hydroxylation is 1. The Morgan fingerprint density at radius 3 is 2.84 bits per heavy atom. The van der Waals surface area contributed by atoms with Crippen molar-refractivity contribution in [1.82, 2.24) is 15.2 Å². The van der Waals surface area contributed by atoms with Crippen LogP contribution in [0, 0.1) is 0 Å². The Kier molecular flexibility index (Phi) is 4.97. The van der Waals surface area contributed by atoms with Crippen molar-refractivity contribution < 1.29 is 9.47 Å². The molecular weight excluding hydrogens is 312 g/mol. The van der Waals surface area contributed by atoms with Crippen molar-refractivity contribution in [2.24, 2.45) is 5.84 Å². The van der Waals surface area contributed by atoms with Gasteiger partial charge >= 0.3 is 0 Å². The second-order valence-electron chi connectivity index (χ2n) is 4.67. The van der Waals surface area contributed by atoms with Gasteiger partial charge < -0.3 is 9.47 Å². The molecule has 1 aliphatic rings. The summed E-state index contributed by atoms with van der Waals surface area (Å²) in [6.07, 6.45) is 3.41. The number of nitrogens with zero attached hydrogens (tertiary/aromatic N) is 2. The van der Waals surface area contributed by atoms with E-state index in [-0.39, 0.29) is 11.6 Å². The van der Waals surface area contributed by atoms with Gasteiger partial charge in [0.2, 0.25) is 0 Å². The van der Waals surface area contributed by atoms with E-state index >= 15 is 0 Å². The molecule has 2 heterocycles. The first kappa shape index (κ1) is 14.9. The average molecular weight is 333 g/mol. The van der Waals surface area contributed by atoms with Crippen LogP contribution >= 0.6 is 15.9 Å². The summed E-state index contributed by atoms with van der Waals surface area (Å²) in [5, 5.41) is 4.35. The second kappa shape index (κ2) is 6.32. The lowest BCUT2D eigenvalue weighted by molar-refractivity contribution is -0.113. The van der Waals surface area contributed by atoms with Crippen molar-refractivity contribution in [3.05, 3.63) is 16.4 Å². The zero-order chi connectivity index (χ0) is 13.9. The monoisotopic (exact) mass is 332 g/mol. The van der Waals surface area contributed by atoms with E-state index in [1.165, 1.54) is 0 Å². The summed E-state index contributed by atoms with van der Waals surface area (Å²) in [5.41, 5.74) is 3.57. The van der Waals surface area contributed by atoms with Crippen molar-refractivity contribution in [2.45, 2.75) is 38.0 Å². The Morgan fingerprint density at radius 2 is 2.32 bits per heavy atom. The molecule has 0 bridgehead atoms. The maximum absolute atomic E-state index is 5.83. The fourth-order valence-electron chi connectivity index (χ4n) is 2.72. The van der Waals surface area contributed by atoms with E-state index < -0.39 is 0 Å². The summed E-state index contributed by atoms with van der Waals surface area (Å²) < 4.78 is 14.1. The predicted molar refractivity (Wildman–Crippen MR) is 75.5 cm³/mol. The lowest BCUT2D eigenvalue weighted by Crippen LogP contribution is -2.52. The van der Waals surface area contributed by atoms with Crippen LogP contribution in [-0.4, -0.2) is 35.7 Å². The van der Waals surface area contributed by atoms with E-state index in [2.05, 4.69) is 33.4 Å². The third-order valence-corrected chi connectivity index (χ3v) is 4.46. The van der Waals surface area contributed by atoms with Gasteiger partial charge in [0.25, 0.3) is 0 Å². The molecule has 1 unspecified atom stereocenters. The van der Waals surface area contributed by atoms with Crippen LogP contribution in [0.1, 0.15) is 31.5 Å². The Morgan fingerprint density at radius 1 is 1.63 bits per heavy atom. The van der Waals surface area contributed by atoms with Crippen LogP contribution in [0.3, 0.4) is 0 Å². The van der Waals surface area contributed by atoms with Crippen molar-refractivity contribution >= 4 is 15.9 Å². The molecule has 0 aromatic carbocycles. The zero-order valence-electron chi connectivity index (χ0n) is 11.4. The van der Waals surface area contributed by atoms with E-state index in [9.17, 15) is 0 Å². The molecule has 3 N–H and O–H groups in total. The normalized spacial score (nSPS) is 20.4. The van der Waals surface area contributed by atoms with Crippen molar-refractivity contribution in [1.29, 1.82) is 0 Å². The van der Waals surface area contributed by atoms with Gasteiger partial charge in [-0.25, -0.2) is 5.43 Å². The van der Waals surface area contributed by atoms with Gasteiger partial charge in [0.15, 0.2) is 0 Å². The lowest BCUT2D eigenvalue weighted by Gasteiger charge is -2.42. The van der Waals surface area contributed by atoms with Gasteiger partial charge in [-0.2, -0.15) is 5.10 Å². The second-order valence-corrected chi connectivity index (χ2v) is 5.53. The number of nitrogens with one attached hydrogen (secondary N) is 1. The van der Waals surface area contributed by atoms with E-state index in [1.807, 2.05) is 4.68 Å². The fraction of sp³-hybridized carbons (Fsp3) is 0.750. The Labute approximate surface area is 121 Å². The molecule has 6 nitrogen and oxygen atoms in total. The van der Waals surface area contributed by atoms with Crippen LogP contribution in [0.5, 0.6) is 0 Å². The molecule has 1 aromatic rings. The van der Waals surface area contributed by atoms with Crippen molar-refractivity contribution in [3.8, 4) is 0 Å². The number of hydrogen-bond acceptors (Lipinski definition) is 5.